The number of alkyl carbamates (subject to hydrolysis) is 1. The average molecular weight is 729 g/mol. The lowest BCUT2D eigenvalue weighted by Crippen LogP contribution is -2.57. The second kappa shape index (κ2) is 14.6. The molecule has 2 bridgehead atoms. The van der Waals surface area contributed by atoms with E-state index in [0.29, 0.717) is 19.3 Å². The minimum absolute atomic E-state index is 0.0238. The van der Waals surface area contributed by atoms with Crippen LogP contribution in [0, 0.1) is 23.2 Å². The Morgan fingerprint density at radius 2 is 1.80 bits per heavy atom. The molecule has 3 aliphatic rings. The maximum Gasteiger partial charge on any atom is 0.573 e. The van der Waals surface area contributed by atoms with Crippen LogP contribution in [0.2, 0.25) is 0 Å². The highest BCUT2D eigenvalue weighted by atomic mass is 19.4. The van der Waals surface area contributed by atoms with Crippen LogP contribution < -0.4 is 14.8 Å². The summed E-state index contributed by atoms with van der Waals surface area (Å²) < 4.78 is 92.6. The molecule has 1 aromatic heterocycles. The molecule has 2 aliphatic heterocycles. The first-order valence-electron chi connectivity index (χ1n) is 17.3. The smallest absolute Gasteiger partial charge is 0.471 e. The van der Waals surface area contributed by atoms with Gasteiger partial charge in [0.05, 0.1) is 24.2 Å². The predicted molar refractivity (Wildman–Crippen MR) is 173 cm³/mol. The molecule has 0 radical (unpaired) electrons. The third kappa shape index (κ3) is 9.09. The summed E-state index contributed by atoms with van der Waals surface area (Å²) in [5, 5.41) is 2.70. The summed E-state index contributed by atoms with van der Waals surface area (Å²) in [7, 11) is 0. The molecule has 2 fully saturated rings. The van der Waals surface area contributed by atoms with E-state index < -0.39 is 89.6 Å². The highest BCUT2D eigenvalue weighted by Gasteiger charge is 2.53. The fourth-order valence-corrected chi connectivity index (χ4v) is 6.67. The number of halogens is 5. The van der Waals surface area contributed by atoms with Gasteiger partial charge in [0.15, 0.2) is 5.69 Å². The Morgan fingerprint density at radius 1 is 1.08 bits per heavy atom. The number of esters is 1. The minimum atomic E-state index is -5.02. The summed E-state index contributed by atoms with van der Waals surface area (Å²) in [4.78, 5) is 50.8. The van der Waals surface area contributed by atoms with Crippen LogP contribution in [0.3, 0.4) is 0 Å². The van der Waals surface area contributed by atoms with Crippen molar-refractivity contribution in [2.45, 2.75) is 117 Å². The lowest BCUT2D eigenvalue weighted by Gasteiger charge is -2.35. The molecule has 6 atom stereocenters. The number of amides is 2. The van der Waals surface area contributed by atoms with Crippen LogP contribution in [0.4, 0.5) is 26.7 Å². The minimum Gasteiger partial charge on any atom is -0.471 e. The lowest BCUT2D eigenvalue weighted by atomic mass is 9.85. The molecular formula is C35H45F5N4O7. The number of carbonyl (C=O) groups excluding carboxylic acids is 3. The number of carbonyl (C=O) groups is 3. The number of rotatable bonds is 5. The van der Waals surface area contributed by atoms with Crippen molar-refractivity contribution < 1.29 is 55.3 Å². The van der Waals surface area contributed by atoms with Crippen molar-refractivity contribution in [3.63, 3.8) is 0 Å². The van der Waals surface area contributed by atoms with Gasteiger partial charge in [-0.3, -0.25) is 4.79 Å². The molecule has 2 amide bonds. The quantitative estimate of drug-likeness (QED) is 0.258. The summed E-state index contributed by atoms with van der Waals surface area (Å²) in [6.45, 7) is 10.4. The van der Waals surface area contributed by atoms with E-state index in [4.69, 9.17) is 14.2 Å². The van der Waals surface area contributed by atoms with Gasteiger partial charge in [0, 0.05) is 18.4 Å². The monoisotopic (exact) mass is 728 g/mol. The lowest BCUT2D eigenvalue weighted by molar-refractivity contribution is -0.274. The van der Waals surface area contributed by atoms with Crippen LogP contribution >= 0.6 is 0 Å². The van der Waals surface area contributed by atoms with Crippen molar-refractivity contribution in [2.75, 3.05) is 13.2 Å². The molecule has 5 rings (SSSR count). The third-order valence-electron chi connectivity index (χ3n) is 9.40. The molecule has 51 heavy (non-hydrogen) atoms. The molecule has 2 aromatic rings. The summed E-state index contributed by atoms with van der Waals surface area (Å²) in [6.07, 6.45) is -6.19. The van der Waals surface area contributed by atoms with Gasteiger partial charge in [0.2, 0.25) is 11.8 Å². The molecule has 16 heteroatoms. The van der Waals surface area contributed by atoms with Gasteiger partial charge in [-0.25, -0.2) is 19.6 Å². The number of hydrogen-bond donors (Lipinski definition) is 1. The van der Waals surface area contributed by atoms with Crippen molar-refractivity contribution in [3.05, 3.63) is 23.9 Å². The molecule has 282 valence electrons. The van der Waals surface area contributed by atoms with Crippen LogP contribution in [0.15, 0.2) is 18.2 Å². The van der Waals surface area contributed by atoms with Crippen molar-refractivity contribution in [1.82, 2.24) is 20.2 Å². The first-order valence-corrected chi connectivity index (χ1v) is 17.3. The Bertz CT molecular complexity index is 1620. The second-order valence-electron chi connectivity index (χ2n) is 15.1. The van der Waals surface area contributed by atoms with Crippen LogP contribution in [0.25, 0.3) is 11.0 Å². The molecule has 1 saturated carbocycles. The Hall–Kier alpha value is -3.98. The fraction of sp³-hybridized carbons (Fsp3) is 0.686. The van der Waals surface area contributed by atoms with E-state index in [2.05, 4.69) is 20.0 Å². The maximum atomic E-state index is 16.1. The van der Waals surface area contributed by atoms with E-state index in [0.717, 1.165) is 18.2 Å². The van der Waals surface area contributed by atoms with Gasteiger partial charge in [-0.15, -0.1) is 13.2 Å². The number of fused-ring (bicyclic) bond motifs is 5. The van der Waals surface area contributed by atoms with Gasteiger partial charge in [0.1, 0.15) is 30.0 Å². The number of benzene rings is 1. The number of nitrogens with one attached hydrogen (secondary N) is 1. The molecule has 1 N–H and O–H groups in total. The van der Waals surface area contributed by atoms with Crippen LogP contribution in [-0.2, 0) is 25.0 Å². The zero-order chi connectivity index (χ0) is 37.5. The summed E-state index contributed by atoms with van der Waals surface area (Å²) in [5.74, 6) is -7.08. The third-order valence-corrected chi connectivity index (χ3v) is 9.40. The van der Waals surface area contributed by atoms with Crippen molar-refractivity contribution in [3.8, 4) is 11.6 Å². The van der Waals surface area contributed by atoms with Crippen molar-refractivity contribution in [2.24, 2.45) is 23.2 Å². The molecular weight excluding hydrogens is 683 g/mol. The van der Waals surface area contributed by atoms with E-state index in [1.807, 2.05) is 13.8 Å². The van der Waals surface area contributed by atoms with Gasteiger partial charge in [-0.05, 0) is 55.1 Å². The topological polar surface area (TPSA) is 129 Å². The van der Waals surface area contributed by atoms with Gasteiger partial charge >= 0.3 is 18.4 Å². The van der Waals surface area contributed by atoms with E-state index in [9.17, 15) is 27.6 Å². The second-order valence-corrected chi connectivity index (χ2v) is 15.1. The van der Waals surface area contributed by atoms with Crippen LogP contribution in [0.1, 0.15) is 85.8 Å². The number of hydrogen-bond acceptors (Lipinski definition) is 9. The number of alkyl halides is 5. The number of nitrogens with zero attached hydrogens (tertiary/aromatic N) is 3. The fourth-order valence-electron chi connectivity index (χ4n) is 6.67. The largest absolute Gasteiger partial charge is 0.573 e. The van der Waals surface area contributed by atoms with Crippen molar-refractivity contribution in [1.29, 1.82) is 0 Å². The summed E-state index contributed by atoms with van der Waals surface area (Å²) in [5.41, 5.74) is -1.98. The zero-order valence-electron chi connectivity index (χ0n) is 29.5. The molecule has 1 aliphatic carbocycles. The molecule has 1 aromatic carbocycles. The average Bonchev–Trinajstić information content (AvgIpc) is 3.65. The molecule has 1 saturated heterocycles. The Labute approximate surface area is 292 Å². The van der Waals surface area contributed by atoms with E-state index in [-0.39, 0.29) is 48.9 Å². The molecule has 0 spiro atoms. The summed E-state index contributed by atoms with van der Waals surface area (Å²) in [6, 6.07) is 0.585. The van der Waals surface area contributed by atoms with Gasteiger partial charge in [-0.1, -0.05) is 48.0 Å². The maximum absolute atomic E-state index is 16.1. The first kappa shape index (κ1) is 38.3. The van der Waals surface area contributed by atoms with Gasteiger partial charge in [-0.2, -0.15) is 8.78 Å². The Balaban J connectivity index is 1.61. The normalized spacial score (nSPS) is 27.3. The van der Waals surface area contributed by atoms with Crippen molar-refractivity contribution >= 4 is 29.0 Å². The summed E-state index contributed by atoms with van der Waals surface area (Å²) >= 11 is 0. The van der Waals surface area contributed by atoms with Crippen LogP contribution in [0.5, 0.6) is 11.6 Å². The van der Waals surface area contributed by atoms with Crippen LogP contribution in [-0.4, -0.2) is 76.6 Å². The van der Waals surface area contributed by atoms with E-state index in [1.54, 1.807) is 27.7 Å². The Morgan fingerprint density at radius 3 is 2.45 bits per heavy atom. The number of ether oxygens (including phenoxy) is 4. The molecule has 3 heterocycles. The molecule has 0 unspecified atom stereocenters. The first-order chi connectivity index (χ1) is 23.8. The SMILES string of the molecule is CC[C@@H]1[C@@H]2CN(C(=O)[C@H](C(C)(C)C)NC(=O)O[C@@H]3C[C@H]3CCCCC(F)(F)c3nc4ccc(OC(F)(F)F)cc4nc3O2)[C@@H]1C(=O)OCC(C)C. The number of aromatic nitrogens is 2. The van der Waals surface area contributed by atoms with Gasteiger partial charge in [0.25, 0.3) is 5.92 Å². The standard InChI is InChI=1S/C35H45F5N4O7/c1-7-21-25-16-44(26(21)31(46)48-17-18(2)3)30(45)28(33(4,5)6)43-32(47)50-24-14-19(24)10-8-9-13-34(36,37)27-29(49-25)42-23-15-20(51-35(38,39)40)11-12-22(23)41-27/h11-12,15,18-19,21,24-26,28H,7-10,13-14,16-17H2,1-6H3,(H,43,47)/t19-,21-,24-,25+,26+,28-/m1/s1. The zero-order valence-corrected chi connectivity index (χ0v) is 29.5. The van der Waals surface area contributed by atoms with E-state index >= 15 is 8.78 Å². The van der Waals surface area contributed by atoms with E-state index in [1.165, 1.54) is 4.90 Å². The highest BCUT2D eigenvalue weighted by Crippen LogP contribution is 2.43. The Kier molecular flexibility index (Phi) is 10.9. The molecule has 11 nitrogen and oxygen atoms in total. The van der Waals surface area contributed by atoms with Gasteiger partial charge < -0.3 is 29.2 Å². The highest BCUT2D eigenvalue weighted by molar-refractivity contribution is 5.91. The predicted octanol–water partition coefficient (Wildman–Crippen LogP) is 6.91.